The first kappa shape index (κ1) is 19.5. The third-order valence-electron chi connectivity index (χ3n) is 4.07. The quantitative estimate of drug-likeness (QED) is 0.540. The molecule has 7 heteroatoms. The molecule has 6 nitrogen and oxygen atoms in total. The normalized spacial score (nSPS) is 15.0. The SMILES string of the molecule is O=C(CN1CCOCC1)NN=Cc1ccc(OCc2ccc(Br)cc2)cc1. The Hall–Kier alpha value is -2.22. The summed E-state index contributed by atoms with van der Waals surface area (Å²) in [4.78, 5) is 13.9. The van der Waals surface area contributed by atoms with E-state index in [0.717, 1.165) is 34.4 Å². The lowest BCUT2D eigenvalue weighted by Crippen LogP contribution is -2.42. The number of morpholine rings is 1. The number of amides is 1. The van der Waals surface area contributed by atoms with Gasteiger partial charge in [0, 0.05) is 17.6 Å². The number of carbonyl (C=O) groups excluding carboxylic acids is 1. The lowest BCUT2D eigenvalue weighted by atomic mass is 10.2. The molecule has 2 aromatic rings. The molecule has 0 aliphatic carbocycles. The molecule has 0 aromatic heterocycles. The zero-order valence-electron chi connectivity index (χ0n) is 14.9. The first-order chi connectivity index (χ1) is 13.2. The van der Waals surface area contributed by atoms with Crippen molar-refractivity contribution in [2.45, 2.75) is 6.61 Å². The Morgan fingerprint density at radius 3 is 2.56 bits per heavy atom. The molecular formula is C20H22BrN3O3. The van der Waals surface area contributed by atoms with Crippen LogP contribution in [0.1, 0.15) is 11.1 Å². The van der Waals surface area contributed by atoms with Crippen LogP contribution in [0.3, 0.4) is 0 Å². The number of nitrogens with one attached hydrogen (secondary N) is 1. The summed E-state index contributed by atoms with van der Waals surface area (Å²) in [6, 6.07) is 15.6. The zero-order chi connectivity index (χ0) is 18.9. The fourth-order valence-electron chi connectivity index (χ4n) is 2.57. The molecule has 1 N–H and O–H groups in total. The van der Waals surface area contributed by atoms with Crippen molar-refractivity contribution in [2.75, 3.05) is 32.8 Å². The highest BCUT2D eigenvalue weighted by molar-refractivity contribution is 9.10. The van der Waals surface area contributed by atoms with Crippen LogP contribution in [0.15, 0.2) is 58.1 Å². The van der Waals surface area contributed by atoms with E-state index >= 15 is 0 Å². The highest BCUT2D eigenvalue weighted by Gasteiger charge is 2.13. The van der Waals surface area contributed by atoms with E-state index in [-0.39, 0.29) is 5.91 Å². The van der Waals surface area contributed by atoms with E-state index in [0.29, 0.717) is 26.4 Å². The summed E-state index contributed by atoms with van der Waals surface area (Å²) in [5.74, 6) is 0.661. The molecule has 3 rings (SSSR count). The van der Waals surface area contributed by atoms with Crippen LogP contribution in [0.25, 0.3) is 0 Å². The molecule has 27 heavy (non-hydrogen) atoms. The summed E-state index contributed by atoms with van der Waals surface area (Å²) in [5, 5.41) is 4.01. The summed E-state index contributed by atoms with van der Waals surface area (Å²) in [6.07, 6.45) is 1.62. The Morgan fingerprint density at radius 2 is 1.85 bits per heavy atom. The van der Waals surface area contributed by atoms with E-state index in [1.165, 1.54) is 0 Å². The second-order valence-corrected chi connectivity index (χ2v) is 7.08. The van der Waals surface area contributed by atoms with Crippen LogP contribution in [-0.4, -0.2) is 49.9 Å². The number of ether oxygens (including phenoxy) is 2. The molecule has 0 atom stereocenters. The first-order valence-corrected chi connectivity index (χ1v) is 9.58. The third-order valence-corrected chi connectivity index (χ3v) is 4.60. The van der Waals surface area contributed by atoms with E-state index in [2.05, 4.69) is 26.5 Å². The Bertz CT molecular complexity index is 757. The van der Waals surface area contributed by atoms with Crippen molar-refractivity contribution in [1.82, 2.24) is 10.3 Å². The van der Waals surface area contributed by atoms with Gasteiger partial charge in [-0.1, -0.05) is 28.1 Å². The molecule has 1 fully saturated rings. The predicted octanol–water partition coefficient (Wildman–Crippen LogP) is 2.81. The summed E-state index contributed by atoms with van der Waals surface area (Å²) in [6.45, 7) is 3.75. The number of hydrazone groups is 1. The number of hydrogen-bond acceptors (Lipinski definition) is 5. The smallest absolute Gasteiger partial charge is 0.254 e. The van der Waals surface area contributed by atoms with Crippen molar-refractivity contribution in [3.8, 4) is 5.75 Å². The predicted molar refractivity (Wildman–Crippen MR) is 108 cm³/mol. The molecular weight excluding hydrogens is 410 g/mol. The molecule has 0 bridgehead atoms. The number of carbonyl (C=O) groups is 1. The van der Waals surface area contributed by atoms with Crippen LogP contribution >= 0.6 is 15.9 Å². The van der Waals surface area contributed by atoms with Gasteiger partial charge >= 0.3 is 0 Å². The van der Waals surface area contributed by atoms with Gasteiger partial charge in [-0.2, -0.15) is 5.10 Å². The van der Waals surface area contributed by atoms with Gasteiger partial charge in [0.25, 0.3) is 5.91 Å². The lowest BCUT2D eigenvalue weighted by Gasteiger charge is -2.25. The van der Waals surface area contributed by atoms with Crippen molar-refractivity contribution in [3.63, 3.8) is 0 Å². The molecule has 0 spiro atoms. The minimum absolute atomic E-state index is 0.123. The number of rotatable bonds is 7. The van der Waals surface area contributed by atoms with Gasteiger partial charge in [0.15, 0.2) is 0 Å². The summed E-state index contributed by atoms with van der Waals surface area (Å²) >= 11 is 3.42. The van der Waals surface area contributed by atoms with Crippen LogP contribution in [0.4, 0.5) is 0 Å². The summed E-state index contributed by atoms with van der Waals surface area (Å²) in [7, 11) is 0. The van der Waals surface area contributed by atoms with Crippen LogP contribution < -0.4 is 10.2 Å². The highest BCUT2D eigenvalue weighted by atomic mass is 79.9. The Morgan fingerprint density at radius 1 is 1.15 bits per heavy atom. The Balaban J connectivity index is 1.42. The van der Waals surface area contributed by atoms with Crippen LogP contribution in [-0.2, 0) is 16.1 Å². The number of hydrogen-bond donors (Lipinski definition) is 1. The van der Waals surface area contributed by atoms with Crippen LogP contribution in [0, 0.1) is 0 Å². The molecule has 1 amide bonds. The minimum atomic E-state index is -0.123. The molecule has 0 radical (unpaired) electrons. The largest absolute Gasteiger partial charge is 0.489 e. The first-order valence-electron chi connectivity index (χ1n) is 8.78. The average Bonchev–Trinajstić information content (AvgIpc) is 2.69. The van der Waals surface area contributed by atoms with Crippen molar-refractivity contribution in [2.24, 2.45) is 5.10 Å². The monoisotopic (exact) mass is 431 g/mol. The van der Waals surface area contributed by atoms with Gasteiger partial charge in [0.1, 0.15) is 12.4 Å². The van der Waals surface area contributed by atoms with Crippen LogP contribution in [0.5, 0.6) is 5.75 Å². The summed E-state index contributed by atoms with van der Waals surface area (Å²) in [5.41, 5.74) is 4.55. The standard InChI is InChI=1S/C20H22BrN3O3/c21-18-5-1-17(2-6-18)15-27-19-7-3-16(4-8-19)13-22-23-20(25)14-24-9-11-26-12-10-24/h1-8,13H,9-12,14-15H2,(H,23,25). The molecule has 1 heterocycles. The second kappa shape index (κ2) is 10.2. The van der Waals surface area contributed by atoms with E-state index in [9.17, 15) is 4.79 Å². The number of benzene rings is 2. The topological polar surface area (TPSA) is 63.2 Å². The van der Waals surface area contributed by atoms with Crippen molar-refractivity contribution in [3.05, 3.63) is 64.1 Å². The van der Waals surface area contributed by atoms with Gasteiger partial charge in [0.05, 0.1) is 26.0 Å². The van der Waals surface area contributed by atoms with E-state index in [4.69, 9.17) is 9.47 Å². The van der Waals surface area contributed by atoms with Gasteiger partial charge in [-0.05, 0) is 47.5 Å². The number of halogens is 1. The van der Waals surface area contributed by atoms with E-state index in [1.54, 1.807) is 6.21 Å². The van der Waals surface area contributed by atoms with Crippen LogP contribution in [0.2, 0.25) is 0 Å². The molecule has 2 aromatic carbocycles. The zero-order valence-corrected chi connectivity index (χ0v) is 16.5. The van der Waals surface area contributed by atoms with Gasteiger partial charge in [-0.25, -0.2) is 5.43 Å². The Labute approximate surface area is 167 Å². The van der Waals surface area contributed by atoms with Crippen molar-refractivity contribution in [1.29, 1.82) is 0 Å². The fraction of sp³-hybridized carbons (Fsp3) is 0.300. The van der Waals surface area contributed by atoms with Gasteiger partial charge in [-0.15, -0.1) is 0 Å². The lowest BCUT2D eigenvalue weighted by molar-refractivity contribution is -0.123. The molecule has 1 saturated heterocycles. The molecule has 0 saturated carbocycles. The molecule has 142 valence electrons. The van der Waals surface area contributed by atoms with Crippen molar-refractivity contribution >= 4 is 28.1 Å². The maximum atomic E-state index is 11.9. The molecule has 0 unspecified atom stereocenters. The fourth-order valence-corrected chi connectivity index (χ4v) is 2.84. The Kier molecular flexibility index (Phi) is 7.38. The van der Waals surface area contributed by atoms with Gasteiger partial charge < -0.3 is 9.47 Å². The highest BCUT2D eigenvalue weighted by Crippen LogP contribution is 2.15. The third kappa shape index (κ3) is 6.78. The van der Waals surface area contributed by atoms with E-state index in [1.807, 2.05) is 53.4 Å². The minimum Gasteiger partial charge on any atom is -0.489 e. The van der Waals surface area contributed by atoms with E-state index < -0.39 is 0 Å². The van der Waals surface area contributed by atoms with Gasteiger partial charge in [-0.3, -0.25) is 9.69 Å². The second-order valence-electron chi connectivity index (χ2n) is 6.17. The molecule has 1 aliphatic heterocycles. The average molecular weight is 432 g/mol. The summed E-state index contributed by atoms with van der Waals surface area (Å²) < 4.78 is 12.1. The van der Waals surface area contributed by atoms with Crippen molar-refractivity contribution < 1.29 is 14.3 Å². The number of nitrogens with zero attached hydrogens (tertiary/aromatic N) is 2. The maximum absolute atomic E-state index is 11.9. The maximum Gasteiger partial charge on any atom is 0.254 e. The molecule has 1 aliphatic rings. The van der Waals surface area contributed by atoms with Gasteiger partial charge in [0.2, 0.25) is 0 Å².